The summed E-state index contributed by atoms with van der Waals surface area (Å²) in [7, 11) is 0. The summed E-state index contributed by atoms with van der Waals surface area (Å²) < 4.78 is 1.89. The number of nitrogens with zero attached hydrogens (tertiary/aromatic N) is 3. The number of carbonyl (C=O) groups excluding carboxylic acids is 2. The molecule has 1 aromatic heterocycles. The third-order valence-corrected chi connectivity index (χ3v) is 6.80. The van der Waals surface area contributed by atoms with Gasteiger partial charge in [0, 0.05) is 12.2 Å². The maximum Gasteiger partial charge on any atom is 0.253 e. The number of allylic oxidation sites excluding steroid dienone is 1. The minimum atomic E-state index is -0.389. The topological polar surface area (TPSA) is 88.9 Å². The molecule has 0 saturated carbocycles. The highest BCUT2D eigenvalue weighted by atomic mass is 35.5. The fourth-order valence-electron chi connectivity index (χ4n) is 3.73. The zero-order chi connectivity index (χ0) is 26.2. The van der Waals surface area contributed by atoms with E-state index in [0.29, 0.717) is 34.5 Å². The highest BCUT2D eigenvalue weighted by molar-refractivity contribution is 7.99. The molecule has 3 rings (SSSR count). The summed E-state index contributed by atoms with van der Waals surface area (Å²) in [5.41, 5.74) is 3.28. The smallest absolute Gasteiger partial charge is 0.253 e. The van der Waals surface area contributed by atoms with E-state index in [-0.39, 0.29) is 29.5 Å². The number of rotatable bonds is 11. The lowest BCUT2D eigenvalue weighted by Gasteiger charge is -2.21. The van der Waals surface area contributed by atoms with Crippen LogP contribution in [0.3, 0.4) is 0 Å². The van der Waals surface area contributed by atoms with Crippen LogP contribution >= 0.6 is 23.4 Å². The van der Waals surface area contributed by atoms with Crippen molar-refractivity contribution < 1.29 is 9.59 Å². The molecule has 0 aliphatic rings. The van der Waals surface area contributed by atoms with Gasteiger partial charge in [-0.15, -0.1) is 16.8 Å². The zero-order valence-corrected chi connectivity index (χ0v) is 22.6. The molecule has 2 N–H and O–H groups in total. The van der Waals surface area contributed by atoms with Crippen LogP contribution < -0.4 is 10.6 Å². The first-order chi connectivity index (χ1) is 17.2. The molecule has 7 nitrogen and oxygen atoms in total. The fraction of sp³-hybridized carbons (Fsp3) is 0.333. The largest absolute Gasteiger partial charge is 0.342 e. The Balaban J connectivity index is 1.79. The molecule has 0 saturated heterocycles. The van der Waals surface area contributed by atoms with Crippen LogP contribution in [0.5, 0.6) is 0 Å². The third kappa shape index (κ3) is 7.21. The Labute approximate surface area is 221 Å². The van der Waals surface area contributed by atoms with Crippen molar-refractivity contribution in [2.45, 2.75) is 51.9 Å². The highest BCUT2D eigenvalue weighted by Crippen LogP contribution is 2.26. The SMILES string of the molecule is C=CCn1c(SCC(=O)Nc2cc(C)ccc2C)nnc1[C@@H](CC(C)C)NC(=O)c1ccccc1Cl. The highest BCUT2D eigenvalue weighted by Gasteiger charge is 2.25. The van der Waals surface area contributed by atoms with Crippen LogP contribution in [-0.2, 0) is 11.3 Å². The molecular weight excluding hydrogens is 494 g/mol. The molecule has 0 spiro atoms. The summed E-state index contributed by atoms with van der Waals surface area (Å²) in [4.78, 5) is 25.7. The van der Waals surface area contributed by atoms with Crippen molar-refractivity contribution in [1.29, 1.82) is 0 Å². The van der Waals surface area contributed by atoms with Gasteiger partial charge in [0.25, 0.3) is 5.91 Å². The Morgan fingerprint density at radius 2 is 1.92 bits per heavy atom. The zero-order valence-electron chi connectivity index (χ0n) is 21.0. The second kappa shape index (κ2) is 12.7. The second-order valence-corrected chi connectivity index (χ2v) is 10.4. The normalized spacial score (nSPS) is 11.8. The first-order valence-corrected chi connectivity index (χ1v) is 13.1. The summed E-state index contributed by atoms with van der Waals surface area (Å²) in [6.45, 7) is 12.4. The summed E-state index contributed by atoms with van der Waals surface area (Å²) in [6, 6.07) is 12.5. The number of hydrogen-bond donors (Lipinski definition) is 2. The van der Waals surface area contributed by atoms with Gasteiger partial charge in [0.05, 0.1) is 22.4 Å². The van der Waals surface area contributed by atoms with Gasteiger partial charge in [-0.1, -0.05) is 67.6 Å². The van der Waals surface area contributed by atoms with E-state index < -0.39 is 0 Å². The average molecular weight is 526 g/mol. The van der Waals surface area contributed by atoms with Gasteiger partial charge in [0.15, 0.2) is 11.0 Å². The number of carbonyl (C=O) groups is 2. The molecule has 3 aromatic rings. The standard InChI is InChI=1S/C27H32ClN5O2S/c1-6-13-33-25(23(14-17(2)3)30-26(35)20-9-7-8-10-21(20)28)31-32-27(33)36-16-24(34)29-22-15-18(4)11-12-19(22)5/h6-12,15,17,23H,1,13-14,16H2,2-5H3,(H,29,34)(H,30,35)/t23-/m1/s1. The summed E-state index contributed by atoms with van der Waals surface area (Å²) in [5.74, 6) is 0.663. The van der Waals surface area contributed by atoms with Crippen LogP contribution in [0.25, 0.3) is 0 Å². The molecule has 36 heavy (non-hydrogen) atoms. The molecule has 1 heterocycles. The number of halogens is 1. The molecule has 0 radical (unpaired) electrons. The Morgan fingerprint density at radius 3 is 2.61 bits per heavy atom. The minimum Gasteiger partial charge on any atom is -0.342 e. The number of amides is 2. The van der Waals surface area contributed by atoms with Crippen molar-refractivity contribution in [2.75, 3.05) is 11.1 Å². The van der Waals surface area contributed by atoms with Crippen molar-refractivity contribution in [2.24, 2.45) is 5.92 Å². The molecule has 0 fully saturated rings. The van der Waals surface area contributed by atoms with E-state index in [9.17, 15) is 9.59 Å². The maximum atomic E-state index is 13.0. The van der Waals surface area contributed by atoms with E-state index in [0.717, 1.165) is 16.8 Å². The lowest BCUT2D eigenvalue weighted by Crippen LogP contribution is -2.32. The van der Waals surface area contributed by atoms with Crippen molar-refractivity contribution in [3.63, 3.8) is 0 Å². The summed E-state index contributed by atoms with van der Waals surface area (Å²) in [5, 5.41) is 15.8. The van der Waals surface area contributed by atoms with E-state index >= 15 is 0 Å². The van der Waals surface area contributed by atoms with Gasteiger partial charge in [-0.25, -0.2) is 0 Å². The van der Waals surface area contributed by atoms with Crippen molar-refractivity contribution in [3.05, 3.63) is 82.7 Å². The summed E-state index contributed by atoms with van der Waals surface area (Å²) >= 11 is 7.53. The maximum absolute atomic E-state index is 13.0. The number of aryl methyl sites for hydroxylation is 2. The van der Waals surface area contributed by atoms with Gasteiger partial charge >= 0.3 is 0 Å². The lowest BCUT2D eigenvalue weighted by molar-refractivity contribution is -0.113. The Morgan fingerprint density at radius 1 is 1.17 bits per heavy atom. The van der Waals surface area contributed by atoms with Gasteiger partial charge < -0.3 is 15.2 Å². The molecule has 190 valence electrons. The van der Waals surface area contributed by atoms with E-state index in [1.54, 1.807) is 30.3 Å². The van der Waals surface area contributed by atoms with Gasteiger partial charge in [0.2, 0.25) is 5.91 Å². The molecule has 9 heteroatoms. The average Bonchev–Trinajstić information content (AvgIpc) is 3.22. The summed E-state index contributed by atoms with van der Waals surface area (Å²) in [6.07, 6.45) is 2.40. The minimum absolute atomic E-state index is 0.130. The molecule has 0 aliphatic heterocycles. The molecule has 0 unspecified atom stereocenters. The molecule has 0 bridgehead atoms. The van der Waals surface area contributed by atoms with Crippen LogP contribution in [0.1, 0.15) is 53.6 Å². The monoisotopic (exact) mass is 525 g/mol. The van der Waals surface area contributed by atoms with Crippen LogP contribution in [0.4, 0.5) is 5.69 Å². The van der Waals surface area contributed by atoms with Crippen molar-refractivity contribution >= 4 is 40.9 Å². The van der Waals surface area contributed by atoms with Crippen LogP contribution in [0.2, 0.25) is 5.02 Å². The third-order valence-electron chi connectivity index (χ3n) is 5.50. The van der Waals surface area contributed by atoms with E-state index in [1.165, 1.54) is 11.8 Å². The Kier molecular flexibility index (Phi) is 9.73. The second-order valence-electron chi connectivity index (χ2n) is 9.03. The Bertz CT molecular complexity index is 1240. The van der Waals surface area contributed by atoms with E-state index in [2.05, 4.69) is 41.3 Å². The van der Waals surface area contributed by atoms with Crippen LogP contribution in [-0.4, -0.2) is 32.3 Å². The van der Waals surface area contributed by atoms with Crippen molar-refractivity contribution in [1.82, 2.24) is 20.1 Å². The van der Waals surface area contributed by atoms with Gasteiger partial charge in [-0.05, 0) is 55.5 Å². The first-order valence-electron chi connectivity index (χ1n) is 11.8. The van der Waals surface area contributed by atoms with E-state index in [4.69, 9.17) is 11.6 Å². The predicted octanol–water partition coefficient (Wildman–Crippen LogP) is 5.98. The lowest BCUT2D eigenvalue weighted by atomic mass is 10.0. The number of hydrogen-bond acceptors (Lipinski definition) is 5. The quantitative estimate of drug-likeness (QED) is 0.237. The number of aromatic nitrogens is 3. The van der Waals surface area contributed by atoms with Gasteiger partial charge in [0.1, 0.15) is 0 Å². The Hall–Kier alpha value is -3.10. The predicted molar refractivity (Wildman–Crippen MR) is 147 cm³/mol. The molecule has 1 atom stereocenters. The molecular formula is C27H32ClN5O2S. The number of thioether (sulfide) groups is 1. The van der Waals surface area contributed by atoms with Gasteiger partial charge in [-0.2, -0.15) is 0 Å². The molecule has 0 aliphatic carbocycles. The van der Waals surface area contributed by atoms with Crippen LogP contribution in [0.15, 0.2) is 60.3 Å². The molecule has 2 aromatic carbocycles. The van der Waals surface area contributed by atoms with Crippen molar-refractivity contribution in [3.8, 4) is 0 Å². The van der Waals surface area contributed by atoms with Gasteiger partial charge in [-0.3, -0.25) is 9.59 Å². The number of benzene rings is 2. The molecule has 2 amide bonds. The van der Waals surface area contributed by atoms with Crippen LogP contribution in [0, 0.1) is 19.8 Å². The number of anilines is 1. The fourth-order valence-corrected chi connectivity index (χ4v) is 4.71. The first kappa shape index (κ1) is 27.5. The van der Waals surface area contributed by atoms with E-state index in [1.807, 2.05) is 36.6 Å². The number of nitrogens with one attached hydrogen (secondary N) is 2.